The van der Waals surface area contributed by atoms with Gasteiger partial charge in [-0.25, -0.2) is 0 Å². The van der Waals surface area contributed by atoms with Crippen LogP contribution in [0, 0.1) is 5.92 Å². The van der Waals surface area contributed by atoms with Gasteiger partial charge in [0.2, 0.25) is 11.8 Å². The van der Waals surface area contributed by atoms with Crippen molar-refractivity contribution >= 4 is 11.8 Å². The van der Waals surface area contributed by atoms with Crippen molar-refractivity contribution in [2.24, 2.45) is 13.0 Å². The van der Waals surface area contributed by atoms with Gasteiger partial charge < -0.3 is 10.2 Å². The number of nitrogens with one attached hydrogen (secondary N) is 1. The Bertz CT molecular complexity index is 537. The zero-order valence-electron chi connectivity index (χ0n) is 11.0. The Morgan fingerprint density at radius 2 is 2.16 bits per heavy atom. The molecule has 2 amide bonds. The van der Waals surface area contributed by atoms with Crippen LogP contribution < -0.4 is 5.32 Å². The van der Waals surface area contributed by atoms with E-state index in [1.165, 1.54) is 9.70 Å². The molecule has 2 fully saturated rings. The number of hydrogen-bond donors (Lipinski definition) is 1. The third-order valence-corrected chi connectivity index (χ3v) is 3.74. The maximum Gasteiger partial charge on any atom is 0.249 e. The number of aryl methyl sites for hydroxylation is 1. The predicted molar refractivity (Wildman–Crippen MR) is 63.5 cm³/mol. The van der Waals surface area contributed by atoms with Crippen LogP contribution in [0.15, 0.2) is 0 Å². The zero-order valence-corrected chi connectivity index (χ0v) is 11.0. The molecule has 0 radical (unpaired) electrons. The number of piperazine rings is 1. The maximum atomic E-state index is 12.5. The Morgan fingerprint density at radius 1 is 1.42 bits per heavy atom. The highest BCUT2D eigenvalue weighted by Crippen LogP contribution is 2.41. The fourth-order valence-corrected chi connectivity index (χ4v) is 2.58. The Kier molecular flexibility index (Phi) is 2.54. The summed E-state index contributed by atoms with van der Waals surface area (Å²) in [6.45, 7) is 2.09. The van der Waals surface area contributed by atoms with Crippen molar-refractivity contribution in [3.63, 3.8) is 0 Å². The van der Waals surface area contributed by atoms with Crippen LogP contribution in [0.3, 0.4) is 0 Å². The van der Waals surface area contributed by atoms with Gasteiger partial charge in [0.05, 0.1) is 13.6 Å². The van der Waals surface area contributed by atoms with Crippen LogP contribution in [0.4, 0.5) is 0 Å². The smallest absolute Gasteiger partial charge is 0.249 e. The molecule has 8 nitrogen and oxygen atoms in total. The van der Waals surface area contributed by atoms with Gasteiger partial charge in [-0.05, 0) is 30.9 Å². The first kappa shape index (κ1) is 12.1. The molecule has 0 bridgehead atoms. The molecule has 19 heavy (non-hydrogen) atoms. The molecule has 1 unspecified atom stereocenters. The largest absolute Gasteiger partial charge is 0.340 e. The topological polar surface area (TPSA) is 93.0 Å². The van der Waals surface area contributed by atoms with Crippen LogP contribution >= 0.6 is 0 Å². The highest BCUT2D eigenvalue weighted by molar-refractivity contribution is 5.98. The summed E-state index contributed by atoms with van der Waals surface area (Å²) in [6.07, 6.45) is 1.97. The van der Waals surface area contributed by atoms with Crippen LogP contribution in [-0.2, 0) is 23.2 Å². The Morgan fingerprint density at radius 3 is 2.74 bits per heavy atom. The second kappa shape index (κ2) is 4.01. The first-order valence-corrected chi connectivity index (χ1v) is 6.32. The van der Waals surface area contributed by atoms with Crippen molar-refractivity contribution in [3.8, 4) is 0 Å². The van der Waals surface area contributed by atoms with Crippen molar-refractivity contribution < 1.29 is 9.59 Å². The number of aromatic nitrogens is 4. The van der Waals surface area contributed by atoms with Crippen molar-refractivity contribution in [1.29, 1.82) is 0 Å². The van der Waals surface area contributed by atoms with E-state index in [-0.39, 0.29) is 30.8 Å². The van der Waals surface area contributed by atoms with Gasteiger partial charge in [-0.3, -0.25) is 9.59 Å². The van der Waals surface area contributed by atoms with Crippen LogP contribution in [-0.4, -0.2) is 49.0 Å². The molecule has 1 saturated carbocycles. The van der Waals surface area contributed by atoms with E-state index < -0.39 is 5.54 Å². The van der Waals surface area contributed by atoms with Crippen molar-refractivity contribution in [2.45, 2.75) is 31.8 Å². The van der Waals surface area contributed by atoms with Gasteiger partial charge in [0.1, 0.15) is 12.1 Å². The molecule has 1 atom stereocenters. The molecular weight excluding hydrogens is 248 g/mol. The van der Waals surface area contributed by atoms with E-state index in [0.717, 1.165) is 12.8 Å². The Hall–Kier alpha value is -1.99. The third-order valence-electron chi connectivity index (χ3n) is 3.74. The molecule has 1 aliphatic heterocycles. The third kappa shape index (κ3) is 2.06. The highest BCUT2D eigenvalue weighted by Gasteiger charge is 2.52. The van der Waals surface area contributed by atoms with E-state index in [1.807, 2.05) is 0 Å². The minimum atomic E-state index is -0.766. The van der Waals surface area contributed by atoms with Crippen LogP contribution in [0.5, 0.6) is 0 Å². The molecule has 1 aromatic rings. The van der Waals surface area contributed by atoms with Crippen LogP contribution in [0.1, 0.15) is 25.6 Å². The summed E-state index contributed by atoms with van der Waals surface area (Å²) in [4.78, 5) is 27.2. The lowest BCUT2D eigenvalue weighted by Gasteiger charge is -2.39. The predicted octanol–water partition coefficient (Wildman–Crippen LogP) is -1.16. The molecule has 2 aliphatic rings. The summed E-state index contributed by atoms with van der Waals surface area (Å²) in [5.41, 5.74) is -0.766. The van der Waals surface area contributed by atoms with Crippen LogP contribution in [0.2, 0.25) is 0 Å². The van der Waals surface area contributed by atoms with Gasteiger partial charge in [-0.2, -0.15) is 4.80 Å². The molecule has 1 saturated heterocycles. The fraction of sp³-hybridized carbons (Fsp3) is 0.727. The van der Waals surface area contributed by atoms with Gasteiger partial charge >= 0.3 is 0 Å². The summed E-state index contributed by atoms with van der Waals surface area (Å²) in [5, 5.41) is 14.5. The SMILES string of the molecule is Cn1nnc(CN2CC(=O)NC(C)(C3CC3)C2=O)n1. The van der Waals surface area contributed by atoms with Gasteiger partial charge in [-0.15, -0.1) is 10.2 Å². The zero-order chi connectivity index (χ0) is 13.6. The van der Waals surface area contributed by atoms with E-state index in [0.29, 0.717) is 5.82 Å². The molecule has 1 N–H and O–H groups in total. The van der Waals surface area contributed by atoms with E-state index in [4.69, 9.17) is 0 Å². The second-order valence-corrected chi connectivity index (χ2v) is 5.38. The monoisotopic (exact) mass is 264 g/mol. The van der Waals surface area contributed by atoms with E-state index in [1.54, 1.807) is 14.0 Å². The molecule has 3 rings (SSSR count). The van der Waals surface area contributed by atoms with Gasteiger partial charge in [-0.1, -0.05) is 0 Å². The van der Waals surface area contributed by atoms with Crippen LogP contribution in [0.25, 0.3) is 0 Å². The molecule has 0 aromatic carbocycles. The lowest BCUT2D eigenvalue weighted by molar-refractivity contribution is -0.150. The number of nitrogens with zero attached hydrogens (tertiary/aromatic N) is 5. The number of carbonyl (C=O) groups is 2. The molecule has 2 heterocycles. The molecule has 0 spiro atoms. The first-order chi connectivity index (χ1) is 8.99. The molecule has 102 valence electrons. The van der Waals surface area contributed by atoms with Crippen molar-refractivity contribution in [1.82, 2.24) is 30.4 Å². The molecule has 8 heteroatoms. The summed E-state index contributed by atoms with van der Waals surface area (Å²) in [7, 11) is 1.66. The minimum Gasteiger partial charge on any atom is -0.340 e. The lowest BCUT2D eigenvalue weighted by Crippen LogP contribution is -2.66. The summed E-state index contributed by atoms with van der Waals surface area (Å²) < 4.78 is 0. The van der Waals surface area contributed by atoms with Gasteiger partial charge in [0, 0.05) is 0 Å². The molecular formula is C11H16N6O2. The highest BCUT2D eigenvalue weighted by atomic mass is 16.2. The van der Waals surface area contributed by atoms with Crippen molar-refractivity contribution in [3.05, 3.63) is 5.82 Å². The first-order valence-electron chi connectivity index (χ1n) is 6.32. The lowest BCUT2D eigenvalue weighted by atomic mass is 9.91. The van der Waals surface area contributed by atoms with Gasteiger partial charge in [0.25, 0.3) is 0 Å². The molecule has 1 aromatic heterocycles. The minimum absolute atomic E-state index is 0.0537. The standard InChI is InChI=1S/C11H16N6O2/c1-11(7-3-4-7)10(19)17(6-9(18)12-11)5-8-13-15-16(2)14-8/h7H,3-6H2,1-2H3,(H,12,18). The normalized spacial score (nSPS) is 27.6. The second-order valence-electron chi connectivity index (χ2n) is 5.38. The quantitative estimate of drug-likeness (QED) is 0.743. The van der Waals surface area contributed by atoms with Gasteiger partial charge in [0.15, 0.2) is 5.82 Å². The molecule has 1 aliphatic carbocycles. The van der Waals surface area contributed by atoms with Crippen molar-refractivity contribution in [2.75, 3.05) is 6.54 Å². The average molecular weight is 264 g/mol. The Balaban J connectivity index is 1.80. The number of amides is 2. The fourth-order valence-electron chi connectivity index (χ4n) is 2.58. The average Bonchev–Trinajstić information content (AvgIpc) is 3.11. The van der Waals surface area contributed by atoms with E-state index >= 15 is 0 Å². The number of rotatable bonds is 3. The van der Waals surface area contributed by atoms with E-state index in [9.17, 15) is 9.59 Å². The van der Waals surface area contributed by atoms with E-state index in [2.05, 4.69) is 20.7 Å². The summed E-state index contributed by atoms with van der Waals surface area (Å²) in [6, 6.07) is 0. The Labute approximate surface area is 110 Å². The summed E-state index contributed by atoms with van der Waals surface area (Å²) in [5.74, 6) is 0.519. The number of hydrogen-bond acceptors (Lipinski definition) is 5. The number of tetrazole rings is 1. The maximum absolute atomic E-state index is 12.5. The summed E-state index contributed by atoms with van der Waals surface area (Å²) >= 11 is 0. The number of carbonyl (C=O) groups excluding carboxylic acids is 2.